The van der Waals surface area contributed by atoms with Crippen LogP contribution in [0.4, 0.5) is 0 Å². The molecule has 0 saturated carbocycles. The van der Waals surface area contributed by atoms with E-state index in [-0.39, 0.29) is 21.1 Å². The summed E-state index contributed by atoms with van der Waals surface area (Å²) in [5, 5.41) is 5.86. The number of imidazole rings is 2. The number of hydrogen-bond donors (Lipinski definition) is 0. The van der Waals surface area contributed by atoms with E-state index in [1.165, 1.54) is 22.3 Å². The first-order chi connectivity index (χ1) is 23.0. The minimum absolute atomic E-state index is 0. The Labute approximate surface area is 291 Å². The third kappa shape index (κ3) is 4.60. The van der Waals surface area contributed by atoms with Gasteiger partial charge in [-0.1, -0.05) is 104 Å². The monoisotopic (exact) mass is 805 g/mol. The zero-order valence-electron chi connectivity index (χ0n) is 26.8. The van der Waals surface area contributed by atoms with E-state index in [1.807, 2.05) is 47.4 Å². The molecular formula is C40H30N6OPt. The van der Waals surface area contributed by atoms with E-state index in [0.29, 0.717) is 23.3 Å². The van der Waals surface area contributed by atoms with Crippen molar-refractivity contribution in [1.29, 1.82) is 0 Å². The second-order valence-electron chi connectivity index (χ2n) is 12.7. The van der Waals surface area contributed by atoms with E-state index >= 15 is 0 Å². The van der Waals surface area contributed by atoms with Crippen LogP contribution in [0.25, 0.3) is 65.9 Å². The summed E-state index contributed by atoms with van der Waals surface area (Å²) >= 11 is 0. The Morgan fingerprint density at radius 1 is 0.646 bits per heavy atom. The quantitative estimate of drug-likeness (QED) is 0.128. The number of ether oxygens (including phenoxy) is 1. The van der Waals surface area contributed by atoms with Gasteiger partial charge in [-0.15, -0.1) is 12.1 Å². The Balaban J connectivity index is 0.00000336. The zero-order chi connectivity index (χ0) is 31.8. The van der Waals surface area contributed by atoms with E-state index in [2.05, 4.69) is 102 Å². The molecule has 4 aromatic carbocycles. The van der Waals surface area contributed by atoms with Crippen molar-refractivity contribution in [3.63, 3.8) is 0 Å². The van der Waals surface area contributed by atoms with Gasteiger partial charge in [-0.3, -0.25) is 9.97 Å². The molecule has 0 unspecified atom stereocenters. The fourth-order valence-corrected chi connectivity index (χ4v) is 7.04. The van der Waals surface area contributed by atoms with Crippen molar-refractivity contribution < 1.29 is 25.8 Å². The third-order valence-corrected chi connectivity index (χ3v) is 9.20. The van der Waals surface area contributed by atoms with Crippen LogP contribution in [-0.2, 0) is 21.1 Å². The molecule has 0 spiro atoms. The Hall–Kier alpha value is -5.13. The SMILES string of the molecule is CC(C)c1cccc(C(C)C)c1-c1ccc2c(c1)c1ccc(Oc3[c-]c4c(cc3)c3cncnc3n3ccnc43)[c-]c1c1nccn21.[Pt+2]. The Morgan fingerprint density at radius 2 is 1.27 bits per heavy atom. The molecule has 0 aliphatic rings. The Kier molecular flexibility index (Phi) is 7.26. The standard InChI is InChI=1S/C40H30N6O.Pt/c1-23(2)28-6-5-7-29(24(3)4)37(28)25-8-13-36-32(18-25)30-11-9-26(19-33(30)38-42-14-16-45(36)38)47-27-10-12-31-34(20-27)39-43-15-17-46(39)40-35(31)21-41-22-44-40;/h5-18,21-24H,1-4H3;/q-2;+2. The molecule has 8 heteroatoms. The van der Waals surface area contributed by atoms with Crippen molar-refractivity contribution in [3.05, 3.63) is 121 Å². The van der Waals surface area contributed by atoms with Crippen LogP contribution in [0, 0.1) is 12.1 Å². The number of nitrogens with zero attached hydrogens (tertiary/aromatic N) is 6. The van der Waals surface area contributed by atoms with Gasteiger partial charge >= 0.3 is 21.1 Å². The first kappa shape index (κ1) is 30.2. The van der Waals surface area contributed by atoms with E-state index in [0.717, 1.165) is 54.8 Å². The summed E-state index contributed by atoms with van der Waals surface area (Å²) in [4.78, 5) is 18.1. The van der Waals surface area contributed by atoms with Crippen molar-refractivity contribution in [2.75, 3.05) is 0 Å². The molecule has 0 aliphatic heterocycles. The number of aromatic nitrogens is 6. The first-order valence-corrected chi connectivity index (χ1v) is 15.9. The summed E-state index contributed by atoms with van der Waals surface area (Å²) in [6.45, 7) is 9.08. The maximum absolute atomic E-state index is 6.43. The summed E-state index contributed by atoms with van der Waals surface area (Å²) in [7, 11) is 0. The van der Waals surface area contributed by atoms with Gasteiger partial charge in [0.2, 0.25) is 0 Å². The van der Waals surface area contributed by atoms with Gasteiger partial charge in [-0.05, 0) is 45.5 Å². The molecule has 5 heterocycles. The number of hydrogen-bond acceptors (Lipinski definition) is 5. The van der Waals surface area contributed by atoms with E-state index in [4.69, 9.17) is 9.72 Å². The maximum atomic E-state index is 6.43. The molecule has 48 heavy (non-hydrogen) atoms. The maximum Gasteiger partial charge on any atom is 2.00 e. The molecule has 0 aliphatic carbocycles. The Morgan fingerprint density at radius 3 is 1.94 bits per heavy atom. The van der Waals surface area contributed by atoms with Gasteiger partial charge in [0, 0.05) is 53.4 Å². The van der Waals surface area contributed by atoms with Crippen LogP contribution in [0.5, 0.6) is 11.5 Å². The molecule has 0 amide bonds. The van der Waals surface area contributed by atoms with Gasteiger partial charge in [0.1, 0.15) is 12.0 Å². The largest absolute Gasteiger partial charge is 2.00 e. The summed E-state index contributed by atoms with van der Waals surface area (Å²) in [5.41, 5.74) is 8.80. The van der Waals surface area contributed by atoms with E-state index in [1.54, 1.807) is 12.5 Å². The molecule has 5 aromatic heterocycles. The topological polar surface area (TPSA) is 69.6 Å². The number of benzene rings is 4. The normalized spacial score (nSPS) is 12.0. The number of pyridine rings is 2. The summed E-state index contributed by atoms with van der Waals surface area (Å²) < 4.78 is 10.5. The minimum Gasteiger partial charge on any atom is -0.497 e. The van der Waals surface area contributed by atoms with Crippen LogP contribution in [0.15, 0.2) is 98.0 Å². The Bertz CT molecular complexity index is 2660. The molecule has 0 N–H and O–H groups in total. The molecule has 9 rings (SSSR count). The van der Waals surface area contributed by atoms with E-state index in [9.17, 15) is 0 Å². The fourth-order valence-electron chi connectivity index (χ4n) is 7.04. The van der Waals surface area contributed by atoms with Crippen LogP contribution in [0.2, 0.25) is 0 Å². The van der Waals surface area contributed by atoms with Crippen LogP contribution < -0.4 is 4.74 Å². The van der Waals surface area contributed by atoms with Crippen molar-refractivity contribution in [3.8, 4) is 22.6 Å². The van der Waals surface area contributed by atoms with Crippen molar-refractivity contribution in [2.24, 2.45) is 0 Å². The molecule has 0 atom stereocenters. The summed E-state index contributed by atoms with van der Waals surface area (Å²) in [5.74, 6) is 1.97. The van der Waals surface area contributed by atoms with Gasteiger partial charge in [-0.2, -0.15) is 0 Å². The first-order valence-electron chi connectivity index (χ1n) is 15.9. The average molecular weight is 806 g/mol. The molecule has 0 radical (unpaired) electrons. The predicted molar refractivity (Wildman–Crippen MR) is 187 cm³/mol. The second-order valence-corrected chi connectivity index (χ2v) is 12.7. The smallest absolute Gasteiger partial charge is 0.497 e. The number of fused-ring (bicyclic) bond motifs is 12. The third-order valence-electron chi connectivity index (χ3n) is 9.20. The van der Waals surface area contributed by atoms with Gasteiger partial charge in [0.25, 0.3) is 0 Å². The minimum atomic E-state index is 0. The van der Waals surface area contributed by atoms with E-state index < -0.39 is 0 Å². The van der Waals surface area contributed by atoms with Gasteiger partial charge in [0.05, 0.1) is 11.3 Å². The average Bonchev–Trinajstić information content (AvgIpc) is 3.79. The molecule has 9 aromatic rings. The number of rotatable bonds is 5. The van der Waals surface area contributed by atoms with Crippen molar-refractivity contribution in [2.45, 2.75) is 39.5 Å². The second kappa shape index (κ2) is 11.5. The molecular weight excluding hydrogens is 776 g/mol. The van der Waals surface area contributed by atoms with Crippen LogP contribution >= 0.6 is 0 Å². The molecule has 0 saturated heterocycles. The molecule has 0 bridgehead atoms. The van der Waals surface area contributed by atoms with Crippen LogP contribution in [0.1, 0.15) is 50.7 Å². The predicted octanol–water partition coefficient (Wildman–Crippen LogP) is 9.69. The molecule has 0 fully saturated rings. The van der Waals surface area contributed by atoms with Crippen LogP contribution in [0.3, 0.4) is 0 Å². The molecule has 236 valence electrons. The van der Waals surface area contributed by atoms with Gasteiger partial charge < -0.3 is 13.5 Å². The van der Waals surface area contributed by atoms with Crippen molar-refractivity contribution in [1.82, 2.24) is 28.7 Å². The van der Waals surface area contributed by atoms with Gasteiger partial charge in [-0.25, -0.2) is 9.97 Å². The fraction of sp³-hybridized carbons (Fsp3) is 0.150. The zero-order valence-corrected chi connectivity index (χ0v) is 29.1. The summed E-state index contributed by atoms with van der Waals surface area (Å²) in [6.07, 6.45) is 10.9. The molecule has 7 nitrogen and oxygen atoms in total. The van der Waals surface area contributed by atoms with Crippen molar-refractivity contribution >= 4 is 54.8 Å². The van der Waals surface area contributed by atoms with Crippen LogP contribution in [-0.4, -0.2) is 28.7 Å². The van der Waals surface area contributed by atoms with Gasteiger partial charge in [0.15, 0.2) is 0 Å². The summed E-state index contributed by atoms with van der Waals surface area (Å²) in [6, 6.07) is 28.6.